The topological polar surface area (TPSA) is 90.4 Å². The van der Waals surface area contributed by atoms with Crippen molar-refractivity contribution >= 4 is 29.2 Å². The van der Waals surface area contributed by atoms with Crippen LogP contribution in [0.3, 0.4) is 0 Å². The van der Waals surface area contributed by atoms with Crippen LogP contribution in [0.4, 0.5) is 36.7 Å². The van der Waals surface area contributed by atoms with Crippen LogP contribution >= 0.6 is 0 Å². The van der Waals surface area contributed by atoms with E-state index in [0.717, 1.165) is 18.2 Å². The third kappa shape index (κ3) is 5.52. The number of carbonyl (C=O) groups is 1. The van der Waals surface area contributed by atoms with Gasteiger partial charge in [-0.1, -0.05) is 18.2 Å². The number of hydrogen-bond donors (Lipinski definition) is 3. The summed E-state index contributed by atoms with van der Waals surface area (Å²) >= 11 is 0. The molecule has 1 unspecified atom stereocenters. The summed E-state index contributed by atoms with van der Waals surface area (Å²) in [5.41, 5.74) is -0.879. The van der Waals surface area contributed by atoms with Gasteiger partial charge in [0.05, 0.1) is 23.0 Å². The van der Waals surface area contributed by atoms with Gasteiger partial charge in [0.1, 0.15) is 17.5 Å². The number of aromatic nitrogens is 2. The van der Waals surface area contributed by atoms with Gasteiger partial charge in [-0.15, -0.1) is 0 Å². The normalized spacial score (nSPS) is 12.2. The standard InChI is InChI=1S/C22H23F2N5O2/c1-14(22(2,3)31)26-20-25-12-11-19(28-20)29(16-7-5-4-6-8-16)21(30)27-18-13-15(23)9-10-17(18)24/h4-14,31H,1-3H3,(H,27,30)(H,25,26,28). The number of rotatable bonds is 6. The molecule has 1 heterocycles. The maximum absolute atomic E-state index is 14.1. The summed E-state index contributed by atoms with van der Waals surface area (Å²) in [5.74, 6) is -1.07. The lowest BCUT2D eigenvalue weighted by Crippen LogP contribution is -2.40. The second-order valence-electron chi connectivity index (χ2n) is 7.48. The van der Waals surface area contributed by atoms with E-state index in [4.69, 9.17) is 0 Å². The molecule has 2 amide bonds. The van der Waals surface area contributed by atoms with Gasteiger partial charge in [-0.25, -0.2) is 23.5 Å². The number of para-hydroxylation sites is 1. The SMILES string of the molecule is CC(Nc1nccc(N(C(=O)Nc2cc(F)ccc2F)c2ccccc2)n1)C(C)(C)O. The van der Waals surface area contributed by atoms with Gasteiger partial charge in [0.2, 0.25) is 5.95 Å². The lowest BCUT2D eigenvalue weighted by Gasteiger charge is -2.27. The number of amides is 2. The van der Waals surface area contributed by atoms with Gasteiger partial charge in [0.25, 0.3) is 0 Å². The maximum Gasteiger partial charge on any atom is 0.332 e. The highest BCUT2D eigenvalue weighted by molar-refractivity contribution is 6.06. The van der Waals surface area contributed by atoms with Crippen molar-refractivity contribution in [2.24, 2.45) is 0 Å². The molecule has 1 aromatic heterocycles. The Hall–Kier alpha value is -3.59. The highest BCUT2D eigenvalue weighted by Crippen LogP contribution is 2.26. The fourth-order valence-corrected chi connectivity index (χ4v) is 2.61. The van der Waals surface area contributed by atoms with Crippen molar-refractivity contribution in [3.63, 3.8) is 0 Å². The minimum atomic E-state index is -1.04. The zero-order valence-electron chi connectivity index (χ0n) is 17.3. The van der Waals surface area contributed by atoms with Crippen LogP contribution in [-0.4, -0.2) is 32.7 Å². The van der Waals surface area contributed by atoms with Gasteiger partial charge in [0, 0.05) is 18.3 Å². The number of benzene rings is 2. The average molecular weight is 427 g/mol. The van der Waals surface area contributed by atoms with Crippen LogP contribution in [0, 0.1) is 11.6 Å². The van der Waals surface area contributed by atoms with Gasteiger partial charge in [-0.05, 0) is 45.0 Å². The van der Waals surface area contributed by atoms with E-state index < -0.39 is 23.3 Å². The first-order chi connectivity index (χ1) is 14.6. The third-order valence-corrected chi connectivity index (χ3v) is 4.66. The molecule has 0 aliphatic carbocycles. The highest BCUT2D eigenvalue weighted by Gasteiger charge is 2.25. The van der Waals surface area contributed by atoms with Crippen LogP contribution < -0.4 is 15.5 Å². The Morgan fingerprint density at radius 1 is 1.13 bits per heavy atom. The van der Waals surface area contributed by atoms with E-state index >= 15 is 0 Å². The van der Waals surface area contributed by atoms with Crippen molar-refractivity contribution in [2.75, 3.05) is 15.5 Å². The zero-order chi connectivity index (χ0) is 22.6. The van der Waals surface area contributed by atoms with Crippen molar-refractivity contribution in [3.05, 3.63) is 72.4 Å². The summed E-state index contributed by atoms with van der Waals surface area (Å²) < 4.78 is 27.6. The molecule has 0 saturated heterocycles. The molecule has 9 heteroatoms. The van der Waals surface area contributed by atoms with Crippen molar-refractivity contribution < 1.29 is 18.7 Å². The van der Waals surface area contributed by atoms with E-state index in [9.17, 15) is 18.7 Å². The van der Waals surface area contributed by atoms with Gasteiger partial charge < -0.3 is 15.7 Å². The van der Waals surface area contributed by atoms with E-state index in [1.165, 1.54) is 17.2 Å². The molecule has 2 aromatic carbocycles. The molecule has 7 nitrogen and oxygen atoms in total. The van der Waals surface area contributed by atoms with Gasteiger partial charge in [0.15, 0.2) is 0 Å². The highest BCUT2D eigenvalue weighted by atomic mass is 19.1. The molecule has 0 spiro atoms. The lowest BCUT2D eigenvalue weighted by atomic mass is 10.0. The number of nitrogens with zero attached hydrogens (tertiary/aromatic N) is 3. The second-order valence-corrected chi connectivity index (χ2v) is 7.48. The monoisotopic (exact) mass is 427 g/mol. The summed E-state index contributed by atoms with van der Waals surface area (Å²) in [5, 5.41) is 15.5. The van der Waals surface area contributed by atoms with Crippen LogP contribution in [0.1, 0.15) is 20.8 Å². The van der Waals surface area contributed by atoms with E-state index in [-0.39, 0.29) is 23.5 Å². The fraction of sp³-hybridized carbons (Fsp3) is 0.227. The lowest BCUT2D eigenvalue weighted by molar-refractivity contribution is 0.0646. The first-order valence-corrected chi connectivity index (χ1v) is 9.58. The largest absolute Gasteiger partial charge is 0.388 e. The van der Waals surface area contributed by atoms with E-state index in [1.807, 2.05) is 0 Å². The number of carbonyl (C=O) groups excluding carboxylic acids is 1. The molecule has 31 heavy (non-hydrogen) atoms. The first-order valence-electron chi connectivity index (χ1n) is 9.58. The first kappa shape index (κ1) is 22.1. The average Bonchev–Trinajstić information content (AvgIpc) is 2.71. The van der Waals surface area contributed by atoms with E-state index in [0.29, 0.717) is 5.69 Å². The Kier molecular flexibility index (Phi) is 6.45. The molecule has 1 atom stereocenters. The smallest absolute Gasteiger partial charge is 0.332 e. The number of aliphatic hydroxyl groups is 1. The van der Waals surface area contributed by atoms with Crippen molar-refractivity contribution in [3.8, 4) is 0 Å². The van der Waals surface area contributed by atoms with Crippen LogP contribution in [-0.2, 0) is 0 Å². The molecule has 0 saturated carbocycles. The molecular formula is C22H23F2N5O2. The molecule has 0 radical (unpaired) electrons. The maximum atomic E-state index is 14.1. The molecule has 3 aromatic rings. The molecule has 0 bridgehead atoms. The van der Waals surface area contributed by atoms with Crippen LogP contribution in [0.2, 0.25) is 0 Å². The predicted octanol–water partition coefficient (Wildman–Crippen LogP) is 4.70. The molecule has 0 aliphatic heterocycles. The Morgan fingerprint density at radius 2 is 1.84 bits per heavy atom. The fourth-order valence-electron chi connectivity index (χ4n) is 2.61. The van der Waals surface area contributed by atoms with Crippen molar-refractivity contribution in [1.29, 1.82) is 0 Å². The van der Waals surface area contributed by atoms with Crippen LogP contribution in [0.5, 0.6) is 0 Å². The molecule has 3 N–H and O–H groups in total. The van der Waals surface area contributed by atoms with E-state index in [2.05, 4.69) is 20.6 Å². The number of urea groups is 1. The van der Waals surface area contributed by atoms with Crippen LogP contribution in [0.25, 0.3) is 0 Å². The number of hydrogen-bond acceptors (Lipinski definition) is 5. The van der Waals surface area contributed by atoms with E-state index in [1.54, 1.807) is 51.1 Å². The molecule has 0 aliphatic rings. The Bertz CT molecular complexity index is 1060. The molecule has 162 valence electrons. The minimum Gasteiger partial charge on any atom is -0.388 e. The summed E-state index contributed by atoms with van der Waals surface area (Å²) in [7, 11) is 0. The summed E-state index contributed by atoms with van der Waals surface area (Å²) in [6.45, 7) is 5.06. The van der Waals surface area contributed by atoms with Gasteiger partial charge >= 0.3 is 6.03 Å². The number of halogens is 2. The van der Waals surface area contributed by atoms with Crippen LogP contribution in [0.15, 0.2) is 60.8 Å². The van der Waals surface area contributed by atoms with Crippen molar-refractivity contribution in [1.82, 2.24) is 9.97 Å². The summed E-state index contributed by atoms with van der Waals surface area (Å²) in [6.07, 6.45) is 1.45. The Balaban J connectivity index is 1.96. The second kappa shape index (κ2) is 9.05. The number of nitrogens with one attached hydrogen (secondary N) is 2. The molecule has 0 fully saturated rings. The number of anilines is 4. The predicted molar refractivity (Wildman–Crippen MR) is 115 cm³/mol. The summed E-state index contributed by atoms with van der Waals surface area (Å²) in [4.78, 5) is 22.8. The van der Waals surface area contributed by atoms with Gasteiger partial charge in [-0.3, -0.25) is 0 Å². The van der Waals surface area contributed by atoms with Crippen molar-refractivity contribution in [2.45, 2.75) is 32.4 Å². The Morgan fingerprint density at radius 3 is 2.52 bits per heavy atom. The Labute approximate surface area is 178 Å². The zero-order valence-corrected chi connectivity index (χ0v) is 17.3. The summed E-state index contributed by atoms with van der Waals surface area (Å²) in [6, 6.07) is 11.8. The molecular weight excluding hydrogens is 404 g/mol. The third-order valence-electron chi connectivity index (χ3n) is 4.66. The quantitative estimate of drug-likeness (QED) is 0.531. The van der Waals surface area contributed by atoms with Gasteiger partial charge in [-0.2, -0.15) is 4.98 Å². The minimum absolute atomic E-state index is 0.192. The molecule has 3 rings (SSSR count).